The van der Waals surface area contributed by atoms with Gasteiger partial charge in [0.05, 0.1) is 22.8 Å². The van der Waals surface area contributed by atoms with Crippen LogP contribution in [-0.4, -0.2) is 27.5 Å². The zero-order chi connectivity index (χ0) is 19.5. The van der Waals surface area contributed by atoms with E-state index < -0.39 is 11.7 Å². The highest BCUT2D eigenvalue weighted by Gasteiger charge is 2.18. The maximum Gasteiger partial charge on any atom is 0.407 e. The smallest absolute Gasteiger partial charge is 0.407 e. The van der Waals surface area contributed by atoms with Gasteiger partial charge in [-0.15, -0.1) is 0 Å². The maximum atomic E-state index is 11.8. The van der Waals surface area contributed by atoms with Crippen LogP contribution in [0, 0.1) is 18.3 Å². The molecular weight excluding hydrogens is 352 g/mol. The van der Waals surface area contributed by atoms with E-state index in [4.69, 9.17) is 21.6 Å². The van der Waals surface area contributed by atoms with Crippen LogP contribution in [0.2, 0.25) is 5.02 Å². The summed E-state index contributed by atoms with van der Waals surface area (Å²) in [5, 5.41) is 16.8. The van der Waals surface area contributed by atoms with Gasteiger partial charge < -0.3 is 10.1 Å². The predicted molar refractivity (Wildman–Crippen MR) is 101 cm³/mol. The molecule has 138 valence electrons. The molecule has 2 rings (SSSR count). The van der Waals surface area contributed by atoms with Gasteiger partial charge in [0, 0.05) is 17.8 Å². The first kappa shape index (κ1) is 19.8. The minimum absolute atomic E-state index is 0.150. The van der Waals surface area contributed by atoms with E-state index in [9.17, 15) is 4.79 Å². The van der Waals surface area contributed by atoms with E-state index in [0.29, 0.717) is 17.1 Å². The van der Waals surface area contributed by atoms with Gasteiger partial charge in [-0.25, -0.2) is 4.79 Å². The number of amides is 1. The molecule has 1 N–H and O–H groups in total. The lowest BCUT2D eigenvalue weighted by Gasteiger charge is -2.21. The summed E-state index contributed by atoms with van der Waals surface area (Å²) >= 11 is 6.23. The van der Waals surface area contributed by atoms with Gasteiger partial charge in [0.2, 0.25) is 0 Å². The number of aromatic nitrogens is 2. The molecule has 1 amide bonds. The molecule has 6 nitrogen and oxygen atoms in total. The lowest BCUT2D eigenvalue weighted by atomic mass is 10.0. The number of benzene rings is 1. The largest absolute Gasteiger partial charge is 0.444 e. The van der Waals surface area contributed by atoms with Gasteiger partial charge >= 0.3 is 6.09 Å². The van der Waals surface area contributed by atoms with Crippen LogP contribution in [0.4, 0.5) is 4.79 Å². The Morgan fingerprint density at radius 1 is 1.42 bits per heavy atom. The summed E-state index contributed by atoms with van der Waals surface area (Å²) in [7, 11) is 0. The van der Waals surface area contributed by atoms with Crippen LogP contribution in [0.25, 0.3) is 11.3 Å². The highest BCUT2D eigenvalue weighted by Crippen LogP contribution is 2.29. The van der Waals surface area contributed by atoms with Gasteiger partial charge in [-0.3, -0.25) is 4.68 Å². The Bertz CT molecular complexity index is 846. The number of hydrogen-bond acceptors (Lipinski definition) is 4. The minimum atomic E-state index is -0.533. The molecular formula is C19H23ClN4O2. The molecule has 0 spiro atoms. The van der Waals surface area contributed by atoms with E-state index in [-0.39, 0.29) is 6.04 Å². The molecule has 7 heteroatoms. The number of alkyl carbamates (subject to hydrolysis) is 1. The summed E-state index contributed by atoms with van der Waals surface area (Å²) in [6, 6.07) is 7.33. The van der Waals surface area contributed by atoms with E-state index in [2.05, 4.69) is 16.5 Å². The van der Waals surface area contributed by atoms with E-state index in [1.165, 1.54) is 0 Å². The number of carbonyl (C=O) groups excluding carboxylic acids is 1. The molecule has 0 unspecified atom stereocenters. The van der Waals surface area contributed by atoms with Crippen molar-refractivity contribution in [3.8, 4) is 17.3 Å². The summed E-state index contributed by atoms with van der Waals surface area (Å²) in [5.74, 6) is 0. The van der Waals surface area contributed by atoms with Crippen molar-refractivity contribution in [1.82, 2.24) is 15.1 Å². The molecule has 0 saturated carbocycles. The van der Waals surface area contributed by atoms with E-state index >= 15 is 0 Å². The number of nitriles is 1. The number of hydrogen-bond donors (Lipinski definition) is 1. The van der Waals surface area contributed by atoms with Gasteiger partial charge in [0.1, 0.15) is 11.7 Å². The van der Waals surface area contributed by atoms with Crippen molar-refractivity contribution in [3.63, 3.8) is 0 Å². The van der Waals surface area contributed by atoms with Crippen LogP contribution < -0.4 is 5.32 Å². The molecule has 0 bridgehead atoms. The highest BCUT2D eigenvalue weighted by atomic mass is 35.5. The Morgan fingerprint density at radius 3 is 2.73 bits per heavy atom. The van der Waals surface area contributed by atoms with Crippen LogP contribution >= 0.6 is 11.6 Å². The Kier molecular flexibility index (Phi) is 5.94. The first-order valence-electron chi connectivity index (χ1n) is 8.33. The molecule has 0 fully saturated rings. The molecule has 0 aliphatic heterocycles. The fourth-order valence-electron chi connectivity index (χ4n) is 2.49. The van der Waals surface area contributed by atoms with Gasteiger partial charge in [-0.1, -0.05) is 17.7 Å². The third kappa shape index (κ3) is 4.99. The van der Waals surface area contributed by atoms with Crippen molar-refractivity contribution in [2.75, 3.05) is 0 Å². The second kappa shape index (κ2) is 7.79. The minimum Gasteiger partial charge on any atom is -0.444 e. The fourth-order valence-corrected chi connectivity index (χ4v) is 2.70. The third-order valence-electron chi connectivity index (χ3n) is 3.65. The highest BCUT2D eigenvalue weighted by molar-refractivity contribution is 6.32. The van der Waals surface area contributed by atoms with Crippen LogP contribution in [0.15, 0.2) is 24.4 Å². The molecule has 2 aromatic rings. The molecule has 0 radical (unpaired) electrons. The first-order valence-corrected chi connectivity index (χ1v) is 8.71. The summed E-state index contributed by atoms with van der Waals surface area (Å²) in [5.41, 5.74) is 2.37. The molecule has 26 heavy (non-hydrogen) atoms. The fraction of sp³-hybridized carbons (Fsp3) is 0.421. The van der Waals surface area contributed by atoms with Crippen LogP contribution in [0.1, 0.15) is 38.8 Å². The quantitative estimate of drug-likeness (QED) is 0.865. The molecule has 0 saturated heterocycles. The van der Waals surface area contributed by atoms with Crippen molar-refractivity contribution in [1.29, 1.82) is 5.26 Å². The van der Waals surface area contributed by atoms with E-state index in [0.717, 1.165) is 16.8 Å². The molecule has 1 heterocycles. The second-order valence-electron chi connectivity index (χ2n) is 7.18. The SMILES string of the molecule is Cc1c(-c2ccn(C[C@@H](C)NC(=O)OC(C)(C)C)n2)ccc(C#N)c1Cl. The van der Waals surface area contributed by atoms with E-state index in [1.807, 2.05) is 52.9 Å². The molecule has 0 aliphatic rings. The average Bonchev–Trinajstić information content (AvgIpc) is 2.95. The predicted octanol–water partition coefficient (Wildman–Crippen LogP) is 4.30. The molecule has 1 aromatic carbocycles. The summed E-state index contributed by atoms with van der Waals surface area (Å²) < 4.78 is 7.00. The zero-order valence-corrected chi connectivity index (χ0v) is 16.4. The number of rotatable bonds is 4. The Morgan fingerprint density at radius 2 is 2.12 bits per heavy atom. The number of ether oxygens (including phenoxy) is 1. The first-order chi connectivity index (χ1) is 12.1. The number of nitrogens with zero attached hydrogens (tertiary/aromatic N) is 3. The van der Waals surface area contributed by atoms with Crippen molar-refractivity contribution in [3.05, 3.63) is 40.5 Å². The van der Waals surface area contributed by atoms with Crippen molar-refractivity contribution in [2.45, 2.75) is 52.8 Å². The molecule has 1 aromatic heterocycles. The van der Waals surface area contributed by atoms with Crippen LogP contribution in [0.3, 0.4) is 0 Å². The van der Waals surface area contributed by atoms with Gasteiger partial charge in [-0.2, -0.15) is 10.4 Å². The van der Waals surface area contributed by atoms with Gasteiger partial charge in [-0.05, 0) is 52.3 Å². The molecule has 0 aliphatic carbocycles. The Balaban J connectivity index is 2.08. The average molecular weight is 375 g/mol. The lowest BCUT2D eigenvalue weighted by Crippen LogP contribution is -2.39. The van der Waals surface area contributed by atoms with Gasteiger partial charge in [0.25, 0.3) is 0 Å². The number of carbonyl (C=O) groups is 1. The Hall–Kier alpha value is -2.52. The van der Waals surface area contributed by atoms with Crippen molar-refractivity contribution >= 4 is 17.7 Å². The zero-order valence-electron chi connectivity index (χ0n) is 15.6. The monoisotopic (exact) mass is 374 g/mol. The van der Waals surface area contributed by atoms with Crippen LogP contribution in [0.5, 0.6) is 0 Å². The Labute approximate surface area is 158 Å². The number of halogens is 1. The van der Waals surface area contributed by atoms with Gasteiger partial charge in [0.15, 0.2) is 0 Å². The van der Waals surface area contributed by atoms with E-state index in [1.54, 1.807) is 10.7 Å². The van der Waals surface area contributed by atoms with Crippen molar-refractivity contribution in [2.24, 2.45) is 0 Å². The standard InChI is InChI=1S/C19H23ClN4O2/c1-12(22-18(25)26-19(3,4)5)11-24-9-8-16(23-24)15-7-6-14(10-21)17(20)13(15)2/h6-9,12H,11H2,1-5H3,(H,22,25)/t12-/m1/s1. The normalized spacial score (nSPS) is 12.3. The second-order valence-corrected chi connectivity index (χ2v) is 7.56. The number of nitrogens with one attached hydrogen (secondary N) is 1. The maximum absolute atomic E-state index is 11.8. The summed E-state index contributed by atoms with van der Waals surface area (Å²) in [4.78, 5) is 11.8. The lowest BCUT2D eigenvalue weighted by molar-refractivity contribution is 0.0503. The topological polar surface area (TPSA) is 79.9 Å². The summed E-state index contributed by atoms with van der Waals surface area (Å²) in [6.45, 7) is 9.72. The summed E-state index contributed by atoms with van der Waals surface area (Å²) in [6.07, 6.45) is 1.39. The molecule has 1 atom stereocenters. The van der Waals surface area contributed by atoms with Crippen molar-refractivity contribution < 1.29 is 9.53 Å². The van der Waals surface area contributed by atoms with Crippen LogP contribution in [-0.2, 0) is 11.3 Å². The third-order valence-corrected chi connectivity index (χ3v) is 4.13.